The van der Waals surface area contributed by atoms with Gasteiger partial charge < -0.3 is 5.32 Å². The molecule has 1 nitrogen and oxygen atoms in total. The van der Waals surface area contributed by atoms with Gasteiger partial charge in [-0.3, -0.25) is 0 Å². The van der Waals surface area contributed by atoms with E-state index in [-0.39, 0.29) is 10.8 Å². The number of hydrogen-bond acceptors (Lipinski definition) is 1. The van der Waals surface area contributed by atoms with E-state index < -0.39 is 0 Å². The zero-order chi connectivity index (χ0) is 14.8. The Morgan fingerprint density at radius 2 is 2.00 bits per heavy atom. The van der Waals surface area contributed by atoms with Crippen molar-refractivity contribution < 1.29 is 4.39 Å². The Bertz CT molecular complexity index is 478. The van der Waals surface area contributed by atoms with Crippen molar-refractivity contribution in [3.63, 3.8) is 0 Å². The monoisotopic (exact) mass is 309 g/mol. The van der Waals surface area contributed by atoms with E-state index in [0.717, 1.165) is 42.7 Å². The zero-order valence-corrected chi connectivity index (χ0v) is 13.5. The van der Waals surface area contributed by atoms with E-state index in [0.29, 0.717) is 6.04 Å². The number of hydrogen-bond donors (Lipinski definition) is 1. The van der Waals surface area contributed by atoms with Crippen LogP contribution in [0.1, 0.15) is 44.6 Å². The van der Waals surface area contributed by atoms with Crippen LogP contribution in [0.25, 0.3) is 0 Å². The molecule has 0 heterocycles. The van der Waals surface area contributed by atoms with Gasteiger partial charge in [0.15, 0.2) is 0 Å². The highest BCUT2D eigenvalue weighted by atomic mass is 35.5. The van der Waals surface area contributed by atoms with Gasteiger partial charge in [-0.25, -0.2) is 4.39 Å². The molecule has 3 rings (SSSR count). The molecular weight excluding hydrogens is 285 g/mol. The average Bonchev–Trinajstić information content (AvgIpc) is 3.21. The molecular formula is C18H25ClFN. The van der Waals surface area contributed by atoms with Gasteiger partial charge in [-0.15, -0.1) is 0 Å². The lowest BCUT2D eigenvalue weighted by Gasteiger charge is -2.19. The molecule has 116 valence electrons. The first-order valence-corrected chi connectivity index (χ1v) is 8.75. The van der Waals surface area contributed by atoms with Crippen LogP contribution in [-0.4, -0.2) is 12.6 Å². The Balaban J connectivity index is 1.68. The summed E-state index contributed by atoms with van der Waals surface area (Å²) in [7, 11) is 0. The van der Waals surface area contributed by atoms with Gasteiger partial charge >= 0.3 is 0 Å². The molecule has 0 saturated heterocycles. The van der Waals surface area contributed by atoms with Crippen LogP contribution in [0, 0.1) is 23.6 Å². The molecule has 0 radical (unpaired) electrons. The van der Waals surface area contributed by atoms with Crippen LogP contribution in [0.5, 0.6) is 0 Å². The molecule has 1 aromatic carbocycles. The minimum absolute atomic E-state index is 0.245. The number of nitrogens with one attached hydrogen (secondary N) is 1. The second kappa shape index (κ2) is 6.66. The Kier molecular flexibility index (Phi) is 4.85. The summed E-state index contributed by atoms with van der Waals surface area (Å²) in [6.07, 6.45) is 7.75. The van der Waals surface area contributed by atoms with Crippen LogP contribution < -0.4 is 5.32 Å². The molecule has 3 heteroatoms. The number of halogens is 2. The van der Waals surface area contributed by atoms with Crippen molar-refractivity contribution in [1.29, 1.82) is 0 Å². The quantitative estimate of drug-likeness (QED) is 0.794. The number of rotatable bonds is 6. The fraction of sp³-hybridized carbons (Fsp3) is 0.667. The van der Waals surface area contributed by atoms with Crippen LogP contribution in [0.4, 0.5) is 4.39 Å². The van der Waals surface area contributed by atoms with E-state index in [1.807, 2.05) is 6.07 Å². The van der Waals surface area contributed by atoms with E-state index in [2.05, 4.69) is 12.2 Å². The molecule has 3 atom stereocenters. The summed E-state index contributed by atoms with van der Waals surface area (Å²) in [5, 5.41) is 3.98. The SMILES string of the molecule is CCCNC(Cc1ccc(F)c(Cl)c1)C1C2CCCCC21. The first kappa shape index (κ1) is 15.3. The lowest BCUT2D eigenvalue weighted by Crippen LogP contribution is -2.34. The largest absolute Gasteiger partial charge is 0.313 e. The predicted octanol–water partition coefficient (Wildman–Crippen LogP) is 4.83. The first-order chi connectivity index (χ1) is 10.2. The van der Waals surface area contributed by atoms with E-state index in [1.165, 1.54) is 31.7 Å². The molecule has 0 aromatic heterocycles. The van der Waals surface area contributed by atoms with E-state index >= 15 is 0 Å². The van der Waals surface area contributed by atoms with Crippen LogP contribution in [0.3, 0.4) is 0 Å². The van der Waals surface area contributed by atoms with Crippen molar-refractivity contribution >= 4 is 11.6 Å². The number of fused-ring (bicyclic) bond motifs is 1. The predicted molar refractivity (Wildman–Crippen MR) is 86.1 cm³/mol. The van der Waals surface area contributed by atoms with Crippen LogP contribution in [-0.2, 0) is 6.42 Å². The van der Waals surface area contributed by atoms with Gasteiger partial charge in [0.05, 0.1) is 5.02 Å². The summed E-state index contributed by atoms with van der Waals surface area (Å²) in [6.45, 7) is 3.27. The van der Waals surface area contributed by atoms with Crippen LogP contribution >= 0.6 is 11.6 Å². The fourth-order valence-electron chi connectivity index (χ4n) is 4.24. The first-order valence-electron chi connectivity index (χ1n) is 8.38. The van der Waals surface area contributed by atoms with E-state index in [9.17, 15) is 4.39 Å². The maximum atomic E-state index is 13.3. The standard InChI is InChI=1S/C18H25ClFN/c1-2-9-21-17(18-13-5-3-4-6-14(13)18)11-12-7-8-16(20)15(19)10-12/h7-8,10,13-14,17-18,21H,2-6,9,11H2,1H3. The van der Waals surface area contributed by atoms with E-state index in [4.69, 9.17) is 11.6 Å². The molecule has 2 fully saturated rings. The van der Waals surface area contributed by atoms with Crippen molar-refractivity contribution in [3.8, 4) is 0 Å². The highest BCUT2D eigenvalue weighted by Gasteiger charge is 2.53. The van der Waals surface area contributed by atoms with Crippen molar-refractivity contribution in [2.24, 2.45) is 17.8 Å². The second-order valence-corrected chi connectivity index (χ2v) is 7.11. The molecule has 3 unspecified atom stereocenters. The third-order valence-electron chi connectivity index (χ3n) is 5.28. The Labute approximate surface area is 132 Å². The van der Waals surface area contributed by atoms with Gasteiger partial charge in [-0.1, -0.05) is 37.4 Å². The van der Waals surface area contributed by atoms with Gasteiger partial charge in [0.25, 0.3) is 0 Å². The van der Waals surface area contributed by atoms with Crippen molar-refractivity contribution in [2.45, 2.75) is 51.5 Å². The summed E-state index contributed by atoms with van der Waals surface area (Å²) < 4.78 is 13.3. The summed E-state index contributed by atoms with van der Waals surface area (Å²) in [6, 6.07) is 5.70. The Hall–Kier alpha value is -0.600. The molecule has 0 aliphatic heterocycles. The Morgan fingerprint density at radius 3 is 2.62 bits per heavy atom. The summed E-state index contributed by atoms with van der Waals surface area (Å²) in [5.74, 6) is 2.37. The van der Waals surface area contributed by atoms with Crippen LogP contribution in [0.2, 0.25) is 5.02 Å². The van der Waals surface area contributed by atoms with Gasteiger partial charge in [0, 0.05) is 6.04 Å². The summed E-state index contributed by atoms with van der Waals surface area (Å²) in [5.41, 5.74) is 1.15. The highest BCUT2D eigenvalue weighted by Crippen LogP contribution is 2.57. The minimum Gasteiger partial charge on any atom is -0.313 e. The third-order valence-corrected chi connectivity index (χ3v) is 5.57. The minimum atomic E-state index is -0.321. The molecule has 0 amide bonds. The lowest BCUT2D eigenvalue weighted by atomic mass is 9.99. The molecule has 2 aliphatic carbocycles. The summed E-state index contributed by atoms with van der Waals surface area (Å²) >= 11 is 5.92. The average molecular weight is 310 g/mol. The maximum Gasteiger partial charge on any atom is 0.141 e. The third kappa shape index (κ3) is 3.43. The van der Waals surface area contributed by atoms with Crippen LogP contribution in [0.15, 0.2) is 18.2 Å². The Morgan fingerprint density at radius 1 is 1.29 bits per heavy atom. The zero-order valence-electron chi connectivity index (χ0n) is 12.7. The lowest BCUT2D eigenvalue weighted by molar-refractivity contribution is 0.427. The van der Waals surface area contributed by atoms with Crippen molar-refractivity contribution in [1.82, 2.24) is 5.32 Å². The molecule has 2 saturated carbocycles. The molecule has 1 N–H and O–H groups in total. The van der Waals surface area contributed by atoms with Crippen molar-refractivity contribution in [2.75, 3.05) is 6.54 Å². The van der Waals surface area contributed by atoms with Crippen molar-refractivity contribution in [3.05, 3.63) is 34.6 Å². The topological polar surface area (TPSA) is 12.0 Å². The molecule has 0 spiro atoms. The second-order valence-electron chi connectivity index (χ2n) is 6.70. The van der Waals surface area contributed by atoms with Gasteiger partial charge in [-0.2, -0.15) is 0 Å². The maximum absolute atomic E-state index is 13.3. The molecule has 0 bridgehead atoms. The normalized spacial score (nSPS) is 29.0. The van der Waals surface area contributed by atoms with Gasteiger partial charge in [0.2, 0.25) is 0 Å². The molecule has 2 aliphatic rings. The summed E-state index contributed by atoms with van der Waals surface area (Å²) in [4.78, 5) is 0. The highest BCUT2D eigenvalue weighted by molar-refractivity contribution is 6.30. The smallest absolute Gasteiger partial charge is 0.141 e. The number of benzene rings is 1. The van der Waals surface area contributed by atoms with E-state index in [1.54, 1.807) is 6.07 Å². The van der Waals surface area contributed by atoms with Gasteiger partial charge in [-0.05, 0) is 67.7 Å². The van der Waals surface area contributed by atoms with Gasteiger partial charge in [0.1, 0.15) is 5.82 Å². The molecule has 1 aromatic rings. The molecule has 21 heavy (non-hydrogen) atoms. The fourth-order valence-corrected chi connectivity index (χ4v) is 4.44.